The Bertz CT molecular complexity index is 1000. The van der Waals surface area contributed by atoms with Crippen LogP contribution in [0.15, 0.2) is 84.9 Å². The number of fused-ring (bicyclic) bond motifs is 1. The Hall–Kier alpha value is -3.51. The lowest BCUT2D eigenvalue weighted by atomic mass is 9.93. The Morgan fingerprint density at radius 2 is 1.61 bits per heavy atom. The van der Waals surface area contributed by atoms with E-state index in [4.69, 9.17) is 4.74 Å². The van der Waals surface area contributed by atoms with Crippen molar-refractivity contribution in [2.24, 2.45) is 0 Å². The van der Waals surface area contributed by atoms with Gasteiger partial charge in [-0.3, -0.25) is 4.90 Å². The Morgan fingerprint density at radius 3 is 2.39 bits per heavy atom. The molecule has 0 N–H and O–H groups in total. The van der Waals surface area contributed by atoms with E-state index in [-0.39, 0.29) is 18.7 Å². The van der Waals surface area contributed by atoms with E-state index in [0.29, 0.717) is 6.54 Å². The Labute approximate surface area is 165 Å². The molecule has 138 valence electrons. The van der Waals surface area contributed by atoms with Gasteiger partial charge in [0.1, 0.15) is 12.6 Å². The summed E-state index contributed by atoms with van der Waals surface area (Å²) in [6, 6.07) is 27.4. The van der Waals surface area contributed by atoms with E-state index >= 15 is 0 Å². The van der Waals surface area contributed by atoms with Crippen LogP contribution in [0.5, 0.6) is 0 Å². The number of rotatable bonds is 2. The highest BCUT2D eigenvalue weighted by molar-refractivity contribution is 5.70. The second-order valence-electron chi connectivity index (χ2n) is 6.72. The predicted octanol–water partition coefficient (Wildman–Crippen LogP) is 4.97. The molecule has 3 aromatic rings. The molecule has 1 heterocycles. The van der Waals surface area contributed by atoms with Gasteiger partial charge in [0.2, 0.25) is 0 Å². The molecule has 0 bridgehead atoms. The normalized spacial score (nSPS) is 15.1. The van der Waals surface area contributed by atoms with Gasteiger partial charge in [-0.25, -0.2) is 4.79 Å². The van der Waals surface area contributed by atoms with Crippen LogP contribution in [-0.4, -0.2) is 17.5 Å². The van der Waals surface area contributed by atoms with Gasteiger partial charge in [-0.1, -0.05) is 84.6 Å². The van der Waals surface area contributed by atoms with Gasteiger partial charge >= 0.3 is 6.09 Å². The first-order chi connectivity index (χ1) is 13.8. The summed E-state index contributed by atoms with van der Waals surface area (Å²) in [5.74, 6) is 6.51. The first-order valence-corrected chi connectivity index (χ1v) is 9.43. The first kappa shape index (κ1) is 17.9. The second-order valence-corrected chi connectivity index (χ2v) is 6.72. The van der Waals surface area contributed by atoms with Crippen molar-refractivity contribution in [2.75, 3.05) is 6.54 Å². The van der Waals surface area contributed by atoms with Crippen LogP contribution in [0.2, 0.25) is 0 Å². The van der Waals surface area contributed by atoms with Crippen LogP contribution in [0.3, 0.4) is 0 Å². The van der Waals surface area contributed by atoms with Crippen molar-refractivity contribution in [1.29, 1.82) is 0 Å². The largest absolute Gasteiger partial charge is 0.445 e. The Morgan fingerprint density at radius 1 is 0.929 bits per heavy atom. The molecular formula is C25H21NO2. The first-order valence-electron chi connectivity index (χ1n) is 9.43. The van der Waals surface area contributed by atoms with Crippen LogP contribution in [0.25, 0.3) is 0 Å². The van der Waals surface area contributed by atoms with Crippen molar-refractivity contribution in [1.82, 2.24) is 4.90 Å². The summed E-state index contributed by atoms with van der Waals surface area (Å²) in [7, 11) is 0. The van der Waals surface area contributed by atoms with Gasteiger partial charge in [0.25, 0.3) is 0 Å². The average molecular weight is 367 g/mol. The number of nitrogens with zero attached hydrogens (tertiary/aromatic N) is 1. The van der Waals surface area contributed by atoms with Gasteiger partial charge in [0.05, 0.1) is 0 Å². The van der Waals surface area contributed by atoms with Crippen LogP contribution < -0.4 is 0 Å². The fourth-order valence-corrected chi connectivity index (χ4v) is 3.39. The third-order valence-corrected chi connectivity index (χ3v) is 4.85. The molecule has 0 radical (unpaired) electrons. The van der Waals surface area contributed by atoms with Crippen molar-refractivity contribution in [2.45, 2.75) is 19.1 Å². The molecule has 28 heavy (non-hydrogen) atoms. The number of benzene rings is 3. The van der Waals surface area contributed by atoms with Gasteiger partial charge in [-0.05, 0) is 35.2 Å². The summed E-state index contributed by atoms with van der Waals surface area (Å²) >= 11 is 0. The summed E-state index contributed by atoms with van der Waals surface area (Å²) in [6.07, 6.45) is 0.478. The minimum Gasteiger partial charge on any atom is -0.445 e. The molecule has 1 atom stereocenters. The van der Waals surface area contributed by atoms with Crippen molar-refractivity contribution in [3.05, 3.63) is 107 Å². The van der Waals surface area contributed by atoms with Crippen molar-refractivity contribution < 1.29 is 9.53 Å². The predicted molar refractivity (Wildman–Crippen MR) is 110 cm³/mol. The highest BCUT2D eigenvalue weighted by Gasteiger charge is 2.30. The van der Waals surface area contributed by atoms with Gasteiger partial charge in [-0.15, -0.1) is 0 Å². The number of carbonyl (C=O) groups is 1. The number of hydrogen-bond donors (Lipinski definition) is 0. The van der Waals surface area contributed by atoms with Crippen LogP contribution in [0, 0.1) is 11.8 Å². The van der Waals surface area contributed by atoms with Gasteiger partial charge < -0.3 is 4.74 Å². The lowest BCUT2D eigenvalue weighted by Gasteiger charge is -2.33. The van der Waals surface area contributed by atoms with Crippen molar-refractivity contribution in [3.63, 3.8) is 0 Å². The van der Waals surface area contributed by atoms with Crippen molar-refractivity contribution >= 4 is 6.09 Å². The molecule has 0 saturated carbocycles. The monoisotopic (exact) mass is 367 g/mol. The minimum atomic E-state index is -0.328. The van der Waals surface area contributed by atoms with E-state index < -0.39 is 0 Å². The highest BCUT2D eigenvalue weighted by Crippen LogP contribution is 2.30. The fraction of sp³-hybridized carbons (Fsp3) is 0.160. The number of hydrogen-bond acceptors (Lipinski definition) is 2. The number of amides is 1. The zero-order chi connectivity index (χ0) is 19.2. The maximum atomic E-state index is 12.8. The van der Waals surface area contributed by atoms with Crippen LogP contribution in [-0.2, 0) is 17.8 Å². The summed E-state index contributed by atoms with van der Waals surface area (Å²) < 4.78 is 5.58. The topological polar surface area (TPSA) is 29.5 Å². The van der Waals surface area contributed by atoms with Gasteiger partial charge in [0.15, 0.2) is 0 Å². The molecular weight excluding hydrogens is 346 g/mol. The average Bonchev–Trinajstić information content (AvgIpc) is 2.77. The summed E-state index contributed by atoms with van der Waals surface area (Å²) in [5.41, 5.74) is 4.22. The number of ether oxygens (including phenoxy) is 1. The number of carbonyl (C=O) groups excluding carboxylic acids is 1. The standard InChI is InChI=1S/C25H21NO2/c27-25(28-19-21-11-5-2-6-12-21)26-18-17-22-13-7-8-14-23(22)24(26)16-15-20-9-3-1-4-10-20/h1-14,24H,17-19H2/t24-/m0/s1. The molecule has 3 nitrogen and oxygen atoms in total. The van der Waals surface area contributed by atoms with Gasteiger partial charge in [0, 0.05) is 12.1 Å². The molecule has 0 saturated heterocycles. The van der Waals surface area contributed by atoms with E-state index in [0.717, 1.165) is 23.1 Å². The van der Waals surface area contributed by atoms with Crippen LogP contribution in [0.1, 0.15) is 28.3 Å². The molecule has 4 rings (SSSR count). The molecule has 0 unspecified atom stereocenters. The van der Waals surface area contributed by atoms with Crippen molar-refractivity contribution in [3.8, 4) is 11.8 Å². The van der Waals surface area contributed by atoms with E-state index in [1.54, 1.807) is 4.90 Å². The second kappa shape index (κ2) is 8.45. The fourth-order valence-electron chi connectivity index (χ4n) is 3.39. The molecule has 3 aromatic carbocycles. The van der Waals surface area contributed by atoms with Crippen LogP contribution in [0.4, 0.5) is 4.79 Å². The summed E-state index contributed by atoms with van der Waals surface area (Å²) in [6.45, 7) is 0.857. The lowest BCUT2D eigenvalue weighted by molar-refractivity contribution is 0.0862. The zero-order valence-corrected chi connectivity index (χ0v) is 15.5. The maximum Gasteiger partial charge on any atom is 0.411 e. The zero-order valence-electron chi connectivity index (χ0n) is 15.5. The van der Waals surface area contributed by atoms with E-state index in [1.807, 2.05) is 72.8 Å². The van der Waals surface area contributed by atoms with E-state index in [1.165, 1.54) is 5.56 Å². The smallest absolute Gasteiger partial charge is 0.411 e. The maximum absolute atomic E-state index is 12.8. The Balaban J connectivity index is 1.58. The highest BCUT2D eigenvalue weighted by atomic mass is 16.6. The van der Waals surface area contributed by atoms with E-state index in [2.05, 4.69) is 24.0 Å². The lowest BCUT2D eigenvalue weighted by Crippen LogP contribution is -2.39. The SMILES string of the molecule is O=C(OCc1ccccc1)N1CCc2ccccc2[C@@H]1C#Cc1ccccc1. The molecule has 1 amide bonds. The quantitative estimate of drug-likeness (QED) is 0.598. The molecule has 1 aliphatic rings. The van der Waals surface area contributed by atoms with Crippen LogP contribution >= 0.6 is 0 Å². The molecule has 3 heteroatoms. The summed E-state index contributed by atoms with van der Waals surface area (Å²) in [4.78, 5) is 14.6. The third-order valence-electron chi connectivity index (χ3n) is 4.85. The van der Waals surface area contributed by atoms with E-state index in [9.17, 15) is 4.79 Å². The Kier molecular flexibility index (Phi) is 5.40. The molecule has 1 aliphatic heterocycles. The summed E-state index contributed by atoms with van der Waals surface area (Å²) in [5, 5.41) is 0. The molecule has 0 aliphatic carbocycles. The molecule has 0 fully saturated rings. The molecule has 0 aromatic heterocycles. The van der Waals surface area contributed by atoms with Gasteiger partial charge in [-0.2, -0.15) is 0 Å². The molecule has 0 spiro atoms. The minimum absolute atomic E-state index is 0.261. The third kappa shape index (κ3) is 4.07.